The average molecular weight is 873 g/mol. The van der Waals surface area contributed by atoms with Crippen molar-refractivity contribution in [2.24, 2.45) is 0 Å². The average Bonchev–Trinajstić information content (AvgIpc) is 3.91. The number of fused-ring (bicyclic) bond motifs is 14. The lowest BCUT2D eigenvalue weighted by Gasteiger charge is -2.23. The topological polar surface area (TPSA) is 46.8 Å². The van der Waals surface area contributed by atoms with E-state index in [1.165, 1.54) is 0 Å². The van der Waals surface area contributed by atoms with Crippen molar-refractivity contribution in [3.63, 3.8) is 0 Å². The van der Waals surface area contributed by atoms with Gasteiger partial charge in [0.15, 0.2) is 46.0 Å². The molecule has 0 fully saturated rings. The fraction of sp³-hybridized carbons (Fsp3) is 0. The first-order chi connectivity index (χ1) is 33.7. The second-order valence-corrected chi connectivity index (χ2v) is 17.5. The van der Waals surface area contributed by atoms with E-state index in [1.54, 1.807) is 0 Å². The normalized spacial score (nSPS) is 12.6. The Bertz CT molecular complexity index is 3930. The molecular weight excluding hydrogens is 837 g/mol. The number of hydrogen-bond acceptors (Lipinski definition) is 4. The summed E-state index contributed by atoms with van der Waals surface area (Å²) in [6, 6.07) is 76.6. The molecule has 0 bridgehead atoms. The summed E-state index contributed by atoms with van der Waals surface area (Å²) in [6.45, 7) is 0. The molecule has 0 unspecified atom stereocenters. The molecule has 318 valence electrons. The maximum atomic E-state index is 6.85. The smallest absolute Gasteiger partial charge is 0.180 e. The zero-order valence-electron chi connectivity index (χ0n) is 36.3. The summed E-state index contributed by atoms with van der Waals surface area (Å²) in [4.78, 5) is 0. The molecule has 0 atom stereocenters. The summed E-state index contributed by atoms with van der Waals surface area (Å²) in [5.74, 6) is 5.57. The molecule has 6 heteroatoms. The van der Waals surface area contributed by atoms with Gasteiger partial charge in [-0.15, -0.1) is 0 Å². The van der Waals surface area contributed by atoms with Crippen molar-refractivity contribution < 1.29 is 18.9 Å². The van der Waals surface area contributed by atoms with Crippen LogP contribution in [0.1, 0.15) is 0 Å². The first kappa shape index (κ1) is 37.0. The molecule has 0 saturated heterocycles. The predicted molar refractivity (Wildman–Crippen MR) is 274 cm³/mol. The van der Waals surface area contributed by atoms with Gasteiger partial charge < -0.3 is 28.1 Å². The zero-order chi connectivity index (χ0) is 44.5. The molecule has 68 heavy (non-hydrogen) atoms. The molecule has 0 radical (unpaired) electrons. The molecule has 0 aliphatic carbocycles. The van der Waals surface area contributed by atoms with E-state index >= 15 is 0 Å². The number of para-hydroxylation sites is 4. The minimum atomic E-state index is 0.687. The molecule has 13 aromatic rings. The van der Waals surface area contributed by atoms with E-state index in [9.17, 15) is 0 Å². The molecule has 0 amide bonds. The van der Waals surface area contributed by atoms with Crippen LogP contribution in [0.5, 0.6) is 46.0 Å². The second kappa shape index (κ2) is 14.1. The molecule has 0 spiro atoms. The predicted octanol–water partition coefficient (Wildman–Crippen LogP) is 17.3. The second-order valence-electron chi connectivity index (χ2n) is 17.5. The van der Waals surface area contributed by atoms with Gasteiger partial charge in [-0.25, -0.2) is 0 Å². The summed E-state index contributed by atoms with van der Waals surface area (Å²) in [6.07, 6.45) is 0. The van der Waals surface area contributed by atoms with E-state index in [0.29, 0.717) is 46.0 Å². The summed E-state index contributed by atoms with van der Waals surface area (Å²) in [5, 5.41) is 8.56. The van der Waals surface area contributed by atoms with Gasteiger partial charge in [0.2, 0.25) is 0 Å². The van der Waals surface area contributed by atoms with Crippen molar-refractivity contribution in [3.05, 3.63) is 218 Å². The fourth-order valence-corrected chi connectivity index (χ4v) is 10.8. The molecule has 15 rings (SSSR count). The minimum Gasteiger partial charge on any atom is -0.449 e. The van der Waals surface area contributed by atoms with Crippen LogP contribution < -0.4 is 18.9 Å². The van der Waals surface area contributed by atoms with Crippen LogP contribution in [-0.4, -0.2) is 9.13 Å². The molecule has 0 saturated carbocycles. The molecule has 2 aromatic heterocycles. The van der Waals surface area contributed by atoms with Crippen molar-refractivity contribution >= 4 is 65.2 Å². The number of aromatic nitrogens is 2. The lowest BCUT2D eigenvalue weighted by molar-refractivity contribution is 0.363. The van der Waals surface area contributed by atoms with Crippen molar-refractivity contribution in [3.8, 4) is 79.6 Å². The molecule has 11 aromatic carbocycles. The highest BCUT2D eigenvalue weighted by molar-refractivity contribution is 6.22. The molecule has 2 aliphatic heterocycles. The molecular formula is C62H36N2O4. The van der Waals surface area contributed by atoms with E-state index < -0.39 is 0 Å². The zero-order valence-corrected chi connectivity index (χ0v) is 36.3. The summed E-state index contributed by atoms with van der Waals surface area (Å²) in [5.41, 5.74) is 10.9. The van der Waals surface area contributed by atoms with Gasteiger partial charge in [-0.1, -0.05) is 146 Å². The van der Waals surface area contributed by atoms with Crippen LogP contribution in [0.4, 0.5) is 0 Å². The molecule has 0 N–H and O–H groups in total. The summed E-state index contributed by atoms with van der Waals surface area (Å²) in [7, 11) is 0. The molecule has 2 aliphatic rings. The maximum Gasteiger partial charge on any atom is 0.180 e. The van der Waals surface area contributed by atoms with Crippen molar-refractivity contribution in [1.82, 2.24) is 9.13 Å². The lowest BCUT2D eigenvalue weighted by Crippen LogP contribution is -2.03. The van der Waals surface area contributed by atoms with Gasteiger partial charge >= 0.3 is 0 Å². The van der Waals surface area contributed by atoms with Gasteiger partial charge in [-0.05, 0) is 95.1 Å². The number of ether oxygens (including phenoxy) is 4. The van der Waals surface area contributed by atoms with Crippen LogP contribution >= 0.6 is 0 Å². The van der Waals surface area contributed by atoms with Crippen LogP contribution in [0.25, 0.3) is 98.8 Å². The van der Waals surface area contributed by atoms with E-state index in [4.69, 9.17) is 18.9 Å². The van der Waals surface area contributed by atoms with Gasteiger partial charge in [0.1, 0.15) is 0 Å². The Balaban J connectivity index is 1.05. The number of benzene rings is 11. The Morgan fingerprint density at radius 2 is 0.574 bits per heavy atom. The Hall–Kier alpha value is -9.26. The van der Waals surface area contributed by atoms with Crippen molar-refractivity contribution in [2.45, 2.75) is 0 Å². The maximum absolute atomic E-state index is 6.85. The third-order valence-electron chi connectivity index (χ3n) is 13.8. The Morgan fingerprint density at radius 1 is 0.235 bits per heavy atom. The van der Waals surface area contributed by atoms with Crippen LogP contribution in [0.2, 0.25) is 0 Å². The number of hydrogen-bond donors (Lipinski definition) is 0. The standard InChI is InChI=1S/C62H36N2O4/c1-3-15-37(16-4-1)39-27-29-47-45(35-39)57-49(31-33-55-61(57)67-53-25-13-11-23-51(53)65-55)63(47)59-41-19-7-9-21-43(41)60(44-22-10-8-20-42(44)59)64-48-30-28-40(38-17-5-2-6-18-38)36-46(48)58-50(64)32-34-56-62(58)68-54-26-14-12-24-52(54)66-56/h1-36H. The van der Waals surface area contributed by atoms with Crippen LogP contribution in [0.3, 0.4) is 0 Å². The summed E-state index contributed by atoms with van der Waals surface area (Å²) < 4.78 is 31.7. The van der Waals surface area contributed by atoms with Gasteiger partial charge in [0.25, 0.3) is 0 Å². The Kier molecular flexibility index (Phi) is 7.69. The highest BCUT2D eigenvalue weighted by atomic mass is 16.6. The number of rotatable bonds is 4. The molecule has 6 nitrogen and oxygen atoms in total. The third kappa shape index (κ3) is 5.28. The highest BCUT2D eigenvalue weighted by Gasteiger charge is 2.30. The van der Waals surface area contributed by atoms with Crippen molar-refractivity contribution in [2.75, 3.05) is 0 Å². The quantitative estimate of drug-likeness (QED) is 0.165. The van der Waals surface area contributed by atoms with Gasteiger partial charge in [0.05, 0.1) is 44.2 Å². The molecule has 4 heterocycles. The van der Waals surface area contributed by atoms with E-state index in [1.807, 2.05) is 60.7 Å². The van der Waals surface area contributed by atoms with E-state index in [2.05, 4.69) is 167 Å². The fourth-order valence-electron chi connectivity index (χ4n) is 10.8. The van der Waals surface area contributed by atoms with E-state index in [0.717, 1.165) is 98.8 Å². The van der Waals surface area contributed by atoms with Crippen LogP contribution in [0.15, 0.2) is 218 Å². The highest BCUT2D eigenvalue weighted by Crippen LogP contribution is 2.55. The van der Waals surface area contributed by atoms with Gasteiger partial charge in [-0.3, -0.25) is 0 Å². The third-order valence-corrected chi connectivity index (χ3v) is 13.8. The summed E-state index contributed by atoms with van der Waals surface area (Å²) >= 11 is 0. The first-order valence-corrected chi connectivity index (χ1v) is 22.9. The van der Waals surface area contributed by atoms with Crippen LogP contribution in [0, 0.1) is 0 Å². The van der Waals surface area contributed by atoms with E-state index in [-0.39, 0.29) is 0 Å². The first-order valence-electron chi connectivity index (χ1n) is 22.9. The lowest BCUT2D eigenvalue weighted by atomic mass is 9.97. The SMILES string of the molecule is c1ccc(-c2ccc3c(c2)c2c4c(ccc2n3-c2c3ccccc3c(-n3c5ccc(-c6ccccc6)cc5c5c6c(ccc53)Oc3ccccc3O6)c3ccccc23)Oc2ccccc2O4)cc1. The van der Waals surface area contributed by atoms with Crippen molar-refractivity contribution in [1.29, 1.82) is 0 Å². The number of nitrogens with zero attached hydrogens (tertiary/aromatic N) is 2. The van der Waals surface area contributed by atoms with Gasteiger partial charge in [-0.2, -0.15) is 0 Å². The Morgan fingerprint density at radius 3 is 0.971 bits per heavy atom. The largest absolute Gasteiger partial charge is 0.449 e. The monoisotopic (exact) mass is 872 g/mol. The van der Waals surface area contributed by atoms with Gasteiger partial charge in [0, 0.05) is 32.3 Å². The Labute approximate surface area is 389 Å². The van der Waals surface area contributed by atoms with Crippen LogP contribution in [-0.2, 0) is 0 Å². The minimum absolute atomic E-state index is 0.687.